The lowest BCUT2D eigenvalue weighted by Gasteiger charge is -2.55. The molecule has 1 N–H and O–H groups in total. The highest BCUT2D eigenvalue weighted by Crippen LogP contribution is 2.60. The van der Waals surface area contributed by atoms with Crippen molar-refractivity contribution in [1.29, 1.82) is 5.26 Å². The monoisotopic (exact) mass is 405 g/mol. The van der Waals surface area contributed by atoms with E-state index in [1.54, 1.807) is 23.1 Å². The van der Waals surface area contributed by atoms with E-state index in [2.05, 4.69) is 18.0 Å². The van der Waals surface area contributed by atoms with Gasteiger partial charge in [-0.3, -0.25) is 9.59 Å². The Kier molecular flexibility index (Phi) is 5.94. The topological polar surface area (TPSA) is 73.2 Å². The summed E-state index contributed by atoms with van der Waals surface area (Å²) in [6.07, 6.45) is 9.09. The van der Waals surface area contributed by atoms with Gasteiger partial charge < -0.3 is 10.2 Å². The number of nitriles is 1. The van der Waals surface area contributed by atoms with Crippen LogP contribution in [0.1, 0.15) is 56.1 Å². The quantitative estimate of drug-likeness (QED) is 0.669. The predicted octanol–water partition coefficient (Wildman–Crippen LogP) is 3.80. The Hall–Kier alpha value is -2.61. The Morgan fingerprint density at radius 1 is 1.13 bits per heavy atom. The number of amides is 2. The fraction of sp³-hybridized carbons (Fsp3) is 0.560. The summed E-state index contributed by atoms with van der Waals surface area (Å²) in [7, 11) is 0. The highest BCUT2D eigenvalue weighted by Gasteiger charge is 2.54. The Bertz CT molecular complexity index is 817. The molecular formula is C25H31N3O2. The molecule has 0 radical (unpaired) electrons. The summed E-state index contributed by atoms with van der Waals surface area (Å²) < 4.78 is 0. The van der Waals surface area contributed by atoms with Crippen molar-refractivity contribution in [2.45, 2.75) is 51.5 Å². The second-order valence-electron chi connectivity index (χ2n) is 9.58. The Balaban J connectivity index is 1.29. The van der Waals surface area contributed by atoms with E-state index in [-0.39, 0.29) is 17.2 Å². The molecule has 4 fully saturated rings. The average Bonchev–Trinajstić information content (AvgIpc) is 2.73. The summed E-state index contributed by atoms with van der Waals surface area (Å²) in [4.78, 5) is 27.6. The number of hydrogen-bond acceptors (Lipinski definition) is 3. The van der Waals surface area contributed by atoms with Crippen molar-refractivity contribution in [3.05, 3.63) is 48.0 Å². The van der Waals surface area contributed by atoms with E-state index in [1.807, 2.05) is 12.1 Å². The molecule has 0 aliphatic heterocycles. The largest absolute Gasteiger partial charge is 0.355 e. The van der Waals surface area contributed by atoms with Gasteiger partial charge in [0.1, 0.15) is 0 Å². The van der Waals surface area contributed by atoms with E-state index < -0.39 is 0 Å². The van der Waals surface area contributed by atoms with E-state index in [9.17, 15) is 9.59 Å². The standard InChI is InChI=1S/C25H31N3O2/c1-2-9-28(17-19-5-3-18(16-26)4-6-19)23(29)7-8-27-24(30)25-13-20-10-21(14-25)12-22(11-20)15-25/h2-6,20-22H,1,7-15,17H2,(H,27,30). The zero-order valence-corrected chi connectivity index (χ0v) is 17.6. The molecule has 5 rings (SSSR count). The van der Waals surface area contributed by atoms with Gasteiger partial charge in [0.25, 0.3) is 0 Å². The number of carbonyl (C=O) groups is 2. The molecule has 0 aromatic heterocycles. The van der Waals surface area contributed by atoms with Gasteiger partial charge in [0, 0.05) is 31.5 Å². The maximum absolute atomic E-state index is 13.0. The molecule has 5 heteroatoms. The van der Waals surface area contributed by atoms with Gasteiger partial charge in [-0.1, -0.05) is 18.2 Å². The minimum Gasteiger partial charge on any atom is -0.355 e. The van der Waals surface area contributed by atoms with E-state index in [4.69, 9.17) is 5.26 Å². The number of benzene rings is 1. The second kappa shape index (κ2) is 8.63. The molecule has 4 aliphatic carbocycles. The highest BCUT2D eigenvalue weighted by atomic mass is 16.2. The minimum atomic E-state index is -0.166. The molecule has 4 saturated carbocycles. The number of carbonyl (C=O) groups excluding carboxylic acids is 2. The SMILES string of the molecule is C=CCN(Cc1ccc(C#N)cc1)C(=O)CCNC(=O)C12CC3CC(CC(C3)C1)C2. The first-order chi connectivity index (χ1) is 14.5. The van der Waals surface area contributed by atoms with Crippen LogP contribution in [-0.4, -0.2) is 29.8 Å². The van der Waals surface area contributed by atoms with Crippen molar-refractivity contribution in [3.8, 4) is 6.07 Å². The van der Waals surface area contributed by atoms with E-state index in [0.29, 0.717) is 31.6 Å². The number of nitrogens with one attached hydrogen (secondary N) is 1. The van der Waals surface area contributed by atoms with E-state index in [0.717, 1.165) is 42.6 Å². The molecule has 1 aromatic rings. The van der Waals surface area contributed by atoms with Gasteiger partial charge in [0.05, 0.1) is 11.6 Å². The summed E-state index contributed by atoms with van der Waals surface area (Å²) >= 11 is 0. The first-order valence-electron chi connectivity index (χ1n) is 11.2. The van der Waals surface area contributed by atoms with Crippen LogP contribution < -0.4 is 5.32 Å². The predicted molar refractivity (Wildman–Crippen MR) is 115 cm³/mol. The summed E-state index contributed by atoms with van der Waals surface area (Å²) in [6.45, 7) is 5.08. The van der Waals surface area contributed by atoms with Crippen molar-refractivity contribution >= 4 is 11.8 Å². The Morgan fingerprint density at radius 2 is 1.73 bits per heavy atom. The third-order valence-corrected chi connectivity index (χ3v) is 7.30. The molecule has 158 valence electrons. The molecule has 0 spiro atoms. The van der Waals surface area contributed by atoms with Gasteiger partial charge in [-0.15, -0.1) is 6.58 Å². The van der Waals surface area contributed by atoms with Gasteiger partial charge in [0.2, 0.25) is 11.8 Å². The second-order valence-corrected chi connectivity index (χ2v) is 9.58. The van der Waals surface area contributed by atoms with Crippen molar-refractivity contribution in [1.82, 2.24) is 10.2 Å². The van der Waals surface area contributed by atoms with Crippen LogP contribution in [0.5, 0.6) is 0 Å². The van der Waals surface area contributed by atoms with Crippen LogP contribution in [0.3, 0.4) is 0 Å². The lowest BCUT2D eigenvalue weighted by Crippen LogP contribution is -2.53. The molecule has 0 unspecified atom stereocenters. The maximum atomic E-state index is 13.0. The van der Waals surface area contributed by atoms with Crippen LogP contribution >= 0.6 is 0 Å². The fourth-order valence-electron chi connectivity index (χ4n) is 6.33. The lowest BCUT2D eigenvalue weighted by atomic mass is 9.49. The molecule has 1 aromatic carbocycles. The summed E-state index contributed by atoms with van der Waals surface area (Å²) in [5.41, 5.74) is 1.41. The first-order valence-corrected chi connectivity index (χ1v) is 11.2. The molecule has 0 atom stereocenters. The fourth-order valence-corrected chi connectivity index (χ4v) is 6.33. The van der Waals surface area contributed by atoms with Crippen LogP contribution in [0, 0.1) is 34.5 Å². The molecule has 4 aliphatic rings. The molecule has 4 bridgehead atoms. The zero-order valence-electron chi connectivity index (χ0n) is 17.6. The summed E-state index contributed by atoms with van der Waals surface area (Å²) in [5.74, 6) is 2.39. The van der Waals surface area contributed by atoms with Crippen molar-refractivity contribution in [2.75, 3.05) is 13.1 Å². The third-order valence-electron chi connectivity index (χ3n) is 7.30. The third kappa shape index (κ3) is 4.28. The lowest BCUT2D eigenvalue weighted by molar-refractivity contribution is -0.146. The summed E-state index contributed by atoms with van der Waals surface area (Å²) in [5, 5.41) is 12.0. The van der Waals surface area contributed by atoms with E-state index in [1.165, 1.54) is 19.3 Å². The Labute approximate surface area is 179 Å². The highest BCUT2D eigenvalue weighted by molar-refractivity contribution is 5.84. The Morgan fingerprint density at radius 3 is 2.27 bits per heavy atom. The zero-order chi connectivity index (χ0) is 21.1. The van der Waals surface area contributed by atoms with Crippen molar-refractivity contribution < 1.29 is 9.59 Å². The van der Waals surface area contributed by atoms with Crippen LogP contribution in [0.2, 0.25) is 0 Å². The first kappa shape index (κ1) is 20.7. The van der Waals surface area contributed by atoms with E-state index >= 15 is 0 Å². The molecule has 0 heterocycles. The maximum Gasteiger partial charge on any atom is 0.226 e. The van der Waals surface area contributed by atoms with Gasteiger partial charge in [-0.25, -0.2) is 0 Å². The minimum absolute atomic E-state index is 0.00470. The van der Waals surface area contributed by atoms with Gasteiger partial charge in [-0.05, 0) is 74.0 Å². The van der Waals surface area contributed by atoms with Crippen LogP contribution in [0.25, 0.3) is 0 Å². The van der Waals surface area contributed by atoms with Crippen molar-refractivity contribution in [2.24, 2.45) is 23.2 Å². The average molecular weight is 406 g/mol. The number of hydrogen-bond donors (Lipinski definition) is 1. The van der Waals surface area contributed by atoms with Gasteiger partial charge in [0.15, 0.2) is 0 Å². The molecule has 30 heavy (non-hydrogen) atoms. The normalized spacial score (nSPS) is 28.6. The van der Waals surface area contributed by atoms with Crippen LogP contribution in [-0.2, 0) is 16.1 Å². The number of nitrogens with zero attached hydrogens (tertiary/aromatic N) is 2. The molecule has 2 amide bonds. The number of rotatable bonds is 8. The van der Waals surface area contributed by atoms with Crippen molar-refractivity contribution in [3.63, 3.8) is 0 Å². The van der Waals surface area contributed by atoms with Gasteiger partial charge >= 0.3 is 0 Å². The molecular weight excluding hydrogens is 374 g/mol. The van der Waals surface area contributed by atoms with Gasteiger partial charge in [-0.2, -0.15) is 5.26 Å². The summed E-state index contributed by atoms with van der Waals surface area (Å²) in [6, 6.07) is 9.37. The smallest absolute Gasteiger partial charge is 0.226 e. The molecule has 0 saturated heterocycles. The molecule has 5 nitrogen and oxygen atoms in total. The van der Waals surface area contributed by atoms with Crippen LogP contribution in [0.4, 0.5) is 0 Å². The van der Waals surface area contributed by atoms with Crippen LogP contribution in [0.15, 0.2) is 36.9 Å².